The van der Waals surface area contributed by atoms with Crippen LogP contribution in [0.3, 0.4) is 0 Å². The molecule has 0 saturated heterocycles. The second kappa shape index (κ2) is 6.71. The number of hydroxylamine groups is 2. The van der Waals surface area contributed by atoms with E-state index in [1.165, 1.54) is 14.0 Å². The molecule has 1 unspecified atom stereocenters. The predicted octanol–water partition coefficient (Wildman–Crippen LogP) is 2.41. The molecule has 0 radical (unpaired) electrons. The van der Waals surface area contributed by atoms with E-state index in [9.17, 15) is 14.8 Å². The molecule has 28 heavy (non-hydrogen) atoms. The lowest BCUT2D eigenvalue weighted by Crippen LogP contribution is -2.58. The molecule has 1 aliphatic heterocycles. The van der Waals surface area contributed by atoms with Gasteiger partial charge in [-0.25, -0.2) is 9.80 Å². The summed E-state index contributed by atoms with van der Waals surface area (Å²) < 4.78 is 10.5. The highest BCUT2D eigenvalue weighted by Gasteiger charge is 2.60. The number of ether oxygens (including phenoxy) is 1. The molecule has 2 amide bonds. The van der Waals surface area contributed by atoms with Crippen LogP contribution in [-0.4, -0.2) is 55.8 Å². The fraction of sp³-hybridized carbons (Fsp3) is 0.389. The van der Waals surface area contributed by atoms with E-state index in [1.807, 2.05) is 6.07 Å². The van der Waals surface area contributed by atoms with Crippen molar-refractivity contribution in [2.45, 2.75) is 38.8 Å². The number of hydrogen-bond acceptors (Lipinski definition) is 8. The molecule has 0 bridgehead atoms. The van der Waals surface area contributed by atoms with Crippen LogP contribution in [0.5, 0.6) is 0 Å². The Labute approximate surface area is 161 Å². The van der Waals surface area contributed by atoms with Crippen molar-refractivity contribution in [3.63, 3.8) is 0 Å². The van der Waals surface area contributed by atoms with Crippen LogP contribution < -0.4 is 0 Å². The Bertz CT molecular complexity index is 933. The van der Waals surface area contributed by atoms with Crippen LogP contribution in [0.1, 0.15) is 33.5 Å². The maximum atomic E-state index is 13.0. The summed E-state index contributed by atoms with van der Waals surface area (Å²) in [5.74, 6) is -0.822. The van der Waals surface area contributed by atoms with Gasteiger partial charge >= 0.3 is 6.09 Å². The van der Waals surface area contributed by atoms with Gasteiger partial charge in [-0.2, -0.15) is 15.1 Å². The van der Waals surface area contributed by atoms with Crippen LogP contribution in [0.25, 0.3) is 11.5 Å². The van der Waals surface area contributed by atoms with Gasteiger partial charge in [0.05, 0.1) is 5.71 Å². The Kier molecular flexibility index (Phi) is 4.67. The highest BCUT2D eigenvalue weighted by atomic mass is 16.6. The summed E-state index contributed by atoms with van der Waals surface area (Å²) in [6, 6.07) is 8.90. The van der Waals surface area contributed by atoms with Crippen LogP contribution in [0, 0.1) is 0 Å². The molecule has 2 aromatic rings. The summed E-state index contributed by atoms with van der Waals surface area (Å²) in [5, 5.41) is 19.8. The van der Waals surface area contributed by atoms with E-state index in [2.05, 4.69) is 15.2 Å². The third kappa shape index (κ3) is 3.11. The van der Waals surface area contributed by atoms with Crippen molar-refractivity contribution in [3.8, 4) is 11.5 Å². The second-order valence-corrected chi connectivity index (χ2v) is 7.31. The average molecular weight is 387 g/mol. The first-order valence-electron chi connectivity index (χ1n) is 8.53. The van der Waals surface area contributed by atoms with Gasteiger partial charge in [0.25, 0.3) is 17.3 Å². The van der Waals surface area contributed by atoms with E-state index in [4.69, 9.17) is 9.26 Å². The molecule has 0 aliphatic carbocycles. The van der Waals surface area contributed by atoms with E-state index < -0.39 is 23.1 Å². The molecule has 10 heteroatoms. The van der Waals surface area contributed by atoms with Crippen molar-refractivity contribution < 1.29 is 24.1 Å². The Morgan fingerprint density at radius 2 is 1.93 bits per heavy atom. The molecule has 3 rings (SSSR count). The number of carbonyl (C=O) groups excluding carboxylic acids is 2. The molecule has 1 atom stereocenters. The van der Waals surface area contributed by atoms with Crippen molar-refractivity contribution in [2.75, 3.05) is 7.05 Å². The zero-order valence-corrected chi connectivity index (χ0v) is 16.2. The third-order valence-corrected chi connectivity index (χ3v) is 4.08. The van der Waals surface area contributed by atoms with Crippen LogP contribution in [-0.2, 0) is 15.1 Å². The maximum absolute atomic E-state index is 13.0. The molecule has 10 nitrogen and oxygen atoms in total. The zero-order chi connectivity index (χ0) is 20.7. The number of nitrogens with zero attached hydrogens (tertiary/aromatic N) is 5. The van der Waals surface area contributed by atoms with Gasteiger partial charge in [0, 0.05) is 12.6 Å². The maximum Gasteiger partial charge on any atom is 0.436 e. The first-order valence-corrected chi connectivity index (χ1v) is 8.53. The van der Waals surface area contributed by atoms with Crippen molar-refractivity contribution in [1.82, 2.24) is 20.2 Å². The van der Waals surface area contributed by atoms with E-state index in [0.717, 1.165) is 5.01 Å². The molecule has 148 valence electrons. The standard InChI is InChI=1S/C18H21N5O5/c1-11-18(15(24)22(5)20-11,23(26)16(25)27-17(2,3)4)14-19-13(28-21-14)12-9-7-6-8-10-12/h6-10,26H,1-5H3. The summed E-state index contributed by atoms with van der Waals surface area (Å²) in [5.41, 5.74) is -2.28. The van der Waals surface area contributed by atoms with Gasteiger partial charge < -0.3 is 9.26 Å². The van der Waals surface area contributed by atoms with Gasteiger partial charge in [0.1, 0.15) is 5.60 Å². The number of aromatic nitrogens is 2. The summed E-state index contributed by atoms with van der Waals surface area (Å²) in [6.45, 7) is 6.39. The monoisotopic (exact) mass is 387 g/mol. The molecule has 2 heterocycles. The number of hydrogen-bond donors (Lipinski definition) is 1. The van der Waals surface area contributed by atoms with Crippen LogP contribution in [0.15, 0.2) is 40.0 Å². The number of likely N-dealkylation sites (N-methyl/N-ethyl adjacent to an activating group) is 1. The SMILES string of the molecule is CC1=NN(C)C(=O)C1(c1noc(-c2ccccc2)n1)N(O)C(=O)OC(C)(C)C. The van der Waals surface area contributed by atoms with Crippen LogP contribution in [0.4, 0.5) is 4.79 Å². The minimum Gasteiger partial charge on any atom is -0.442 e. The molecule has 0 saturated carbocycles. The fourth-order valence-electron chi connectivity index (χ4n) is 2.84. The number of benzene rings is 1. The van der Waals surface area contributed by atoms with E-state index in [-0.39, 0.29) is 22.5 Å². The molecular formula is C18H21N5O5. The minimum absolute atomic E-state index is 0.0915. The summed E-state index contributed by atoms with van der Waals surface area (Å²) in [6.07, 6.45) is -1.14. The Morgan fingerprint density at radius 3 is 2.46 bits per heavy atom. The molecular weight excluding hydrogens is 366 g/mol. The Balaban J connectivity index is 2.09. The highest BCUT2D eigenvalue weighted by molar-refractivity contribution is 6.16. The Hall–Kier alpha value is -3.27. The van der Waals surface area contributed by atoms with Crippen LogP contribution >= 0.6 is 0 Å². The second-order valence-electron chi connectivity index (χ2n) is 7.31. The topological polar surface area (TPSA) is 121 Å². The number of rotatable bonds is 3. The van der Waals surface area contributed by atoms with Gasteiger partial charge in [-0.1, -0.05) is 23.4 Å². The zero-order valence-electron chi connectivity index (χ0n) is 16.2. The molecule has 0 spiro atoms. The van der Waals surface area contributed by atoms with Gasteiger partial charge in [-0.3, -0.25) is 10.0 Å². The molecule has 1 N–H and O–H groups in total. The highest BCUT2D eigenvalue weighted by Crippen LogP contribution is 2.36. The third-order valence-electron chi connectivity index (χ3n) is 4.08. The smallest absolute Gasteiger partial charge is 0.436 e. The lowest BCUT2D eigenvalue weighted by Gasteiger charge is -2.33. The van der Waals surface area contributed by atoms with E-state index >= 15 is 0 Å². The van der Waals surface area contributed by atoms with Crippen molar-refractivity contribution in [1.29, 1.82) is 0 Å². The first-order chi connectivity index (χ1) is 13.1. The average Bonchev–Trinajstić information content (AvgIpc) is 3.19. The molecule has 0 fully saturated rings. The van der Waals surface area contributed by atoms with Gasteiger partial charge in [-0.15, -0.1) is 0 Å². The van der Waals surface area contributed by atoms with Crippen molar-refractivity contribution >= 4 is 17.7 Å². The van der Waals surface area contributed by atoms with Crippen LogP contribution in [0.2, 0.25) is 0 Å². The predicted molar refractivity (Wildman–Crippen MR) is 97.2 cm³/mol. The molecule has 1 aromatic carbocycles. The minimum atomic E-state index is -2.09. The number of carbonyl (C=O) groups is 2. The summed E-state index contributed by atoms with van der Waals surface area (Å²) >= 11 is 0. The van der Waals surface area contributed by atoms with Gasteiger partial charge in [-0.05, 0) is 39.8 Å². The Morgan fingerprint density at radius 1 is 1.29 bits per heavy atom. The van der Waals surface area contributed by atoms with Gasteiger partial charge in [0.2, 0.25) is 5.82 Å². The lowest BCUT2D eigenvalue weighted by molar-refractivity contribution is -0.168. The number of hydrazone groups is 1. The molecule has 1 aliphatic rings. The molecule has 1 aromatic heterocycles. The first kappa shape index (κ1) is 19.5. The van der Waals surface area contributed by atoms with E-state index in [1.54, 1.807) is 45.0 Å². The van der Waals surface area contributed by atoms with Crippen molar-refractivity contribution in [2.24, 2.45) is 5.10 Å². The van der Waals surface area contributed by atoms with Gasteiger partial charge in [0.15, 0.2) is 0 Å². The summed E-state index contributed by atoms with van der Waals surface area (Å²) in [4.78, 5) is 29.8. The summed E-state index contributed by atoms with van der Waals surface area (Å²) in [7, 11) is 1.40. The largest absolute Gasteiger partial charge is 0.442 e. The number of amides is 2. The normalized spacial score (nSPS) is 19.6. The fourth-order valence-corrected chi connectivity index (χ4v) is 2.84. The quantitative estimate of drug-likeness (QED) is 0.634. The lowest BCUT2D eigenvalue weighted by atomic mass is 9.92. The van der Waals surface area contributed by atoms with Crippen molar-refractivity contribution in [3.05, 3.63) is 36.2 Å². The van der Waals surface area contributed by atoms with E-state index in [0.29, 0.717) is 5.56 Å².